The summed E-state index contributed by atoms with van der Waals surface area (Å²) in [5.74, 6) is 0.613. The predicted octanol–water partition coefficient (Wildman–Crippen LogP) is 1.03. The molecule has 1 fully saturated rings. The number of aromatic nitrogens is 2. The number of anilines is 1. The van der Waals surface area contributed by atoms with Gasteiger partial charge in [-0.15, -0.1) is 0 Å². The van der Waals surface area contributed by atoms with E-state index in [1.54, 1.807) is 30.6 Å². The highest BCUT2D eigenvalue weighted by atomic mass is 16.3. The third-order valence-corrected chi connectivity index (χ3v) is 4.67. The predicted molar refractivity (Wildman–Crippen MR) is 87.2 cm³/mol. The molecule has 1 heterocycles. The fraction of sp³-hybridized carbons (Fsp3) is 0.688. The number of hydrogen-bond donors (Lipinski definition) is 1. The second kappa shape index (κ2) is 6.70. The maximum Gasteiger partial charge on any atom is 0.274 e. The summed E-state index contributed by atoms with van der Waals surface area (Å²) in [6.45, 7) is 2.51. The molecule has 23 heavy (non-hydrogen) atoms. The molecule has 2 amide bonds. The molecule has 7 nitrogen and oxygen atoms in total. The smallest absolute Gasteiger partial charge is 0.274 e. The van der Waals surface area contributed by atoms with E-state index in [2.05, 4.69) is 4.98 Å². The Morgan fingerprint density at radius 3 is 2.65 bits per heavy atom. The van der Waals surface area contributed by atoms with Gasteiger partial charge in [-0.05, 0) is 38.5 Å². The summed E-state index contributed by atoms with van der Waals surface area (Å²) in [5.41, 5.74) is -0.161. The minimum Gasteiger partial charge on any atom is -0.390 e. The van der Waals surface area contributed by atoms with Crippen molar-refractivity contribution in [1.29, 1.82) is 0 Å². The Kier molecular flexibility index (Phi) is 5.09. The van der Waals surface area contributed by atoms with Gasteiger partial charge in [0.25, 0.3) is 5.91 Å². The zero-order valence-electron chi connectivity index (χ0n) is 14.3. The van der Waals surface area contributed by atoms with Gasteiger partial charge in [-0.1, -0.05) is 0 Å². The molecule has 1 saturated carbocycles. The molecule has 1 aliphatic carbocycles. The number of carbonyl (C=O) groups excluding carboxylic acids is 2. The van der Waals surface area contributed by atoms with Crippen LogP contribution < -0.4 is 4.90 Å². The zero-order chi connectivity index (χ0) is 17.2. The van der Waals surface area contributed by atoms with Crippen molar-refractivity contribution in [2.24, 2.45) is 13.0 Å². The summed E-state index contributed by atoms with van der Waals surface area (Å²) in [6.07, 6.45) is 5.54. The van der Waals surface area contributed by atoms with Crippen molar-refractivity contribution < 1.29 is 14.7 Å². The number of hydrogen-bond acceptors (Lipinski definition) is 4. The fourth-order valence-corrected chi connectivity index (χ4v) is 3.11. The Bertz CT molecular complexity index is 572. The van der Waals surface area contributed by atoms with E-state index in [-0.39, 0.29) is 5.91 Å². The molecule has 1 N–H and O–H groups in total. The van der Waals surface area contributed by atoms with E-state index in [9.17, 15) is 14.7 Å². The van der Waals surface area contributed by atoms with E-state index in [0.29, 0.717) is 30.4 Å². The van der Waals surface area contributed by atoms with Gasteiger partial charge in [-0.3, -0.25) is 9.59 Å². The summed E-state index contributed by atoms with van der Waals surface area (Å²) >= 11 is 0. The lowest BCUT2D eigenvalue weighted by Crippen LogP contribution is -2.38. The second-order valence-corrected chi connectivity index (χ2v) is 6.87. The molecule has 0 radical (unpaired) electrons. The zero-order valence-corrected chi connectivity index (χ0v) is 14.3. The lowest BCUT2D eigenvalue weighted by atomic mass is 9.80. The van der Waals surface area contributed by atoms with Crippen LogP contribution in [0, 0.1) is 5.92 Å². The van der Waals surface area contributed by atoms with Gasteiger partial charge in [-0.2, -0.15) is 0 Å². The van der Waals surface area contributed by atoms with Gasteiger partial charge in [0.05, 0.1) is 11.9 Å². The van der Waals surface area contributed by atoms with Crippen LogP contribution in [0.4, 0.5) is 5.82 Å². The topological polar surface area (TPSA) is 78.7 Å². The maximum atomic E-state index is 12.7. The number of amides is 2. The molecule has 0 aliphatic heterocycles. The van der Waals surface area contributed by atoms with Crippen molar-refractivity contribution in [2.75, 3.05) is 25.5 Å². The van der Waals surface area contributed by atoms with Gasteiger partial charge in [0.15, 0.2) is 11.5 Å². The van der Waals surface area contributed by atoms with Gasteiger partial charge in [0.1, 0.15) is 0 Å². The molecular formula is C16H26N4O3. The van der Waals surface area contributed by atoms with Crippen LogP contribution in [0.5, 0.6) is 0 Å². The van der Waals surface area contributed by atoms with Crippen molar-refractivity contribution in [2.45, 2.75) is 38.2 Å². The first kappa shape index (κ1) is 17.5. The average molecular weight is 322 g/mol. The summed E-state index contributed by atoms with van der Waals surface area (Å²) in [6, 6.07) is 0. The van der Waals surface area contributed by atoms with E-state index >= 15 is 0 Å². The highest BCUT2D eigenvalue weighted by molar-refractivity contribution is 5.99. The highest BCUT2D eigenvalue weighted by Crippen LogP contribution is 2.32. The molecule has 0 saturated heterocycles. The molecule has 0 atom stereocenters. The Morgan fingerprint density at radius 1 is 1.48 bits per heavy atom. The first-order valence-electron chi connectivity index (χ1n) is 7.92. The van der Waals surface area contributed by atoms with Crippen LogP contribution in [0.25, 0.3) is 0 Å². The second-order valence-electron chi connectivity index (χ2n) is 6.87. The van der Waals surface area contributed by atoms with E-state index in [0.717, 1.165) is 25.7 Å². The molecule has 1 aromatic rings. The SMILES string of the molecule is CN(CC1CCC(C)(O)CC1)C(=O)c1c(N(C)C=O)ncn1C. The van der Waals surface area contributed by atoms with Gasteiger partial charge < -0.3 is 19.5 Å². The van der Waals surface area contributed by atoms with Gasteiger partial charge in [0.2, 0.25) is 6.41 Å². The van der Waals surface area contributed by atoms with E-state index in [1.165, 1.54) is 11.2 Å². The first-order valence-corrected chi connectivity index (χ1v) is 7.92. The van der Waals surface area contributed by atoms with E-state index in [4.69, 9.17) is 0 Å². The largest absolute Gasteiger partial charge is 0.390 e. The number of aryl methyl sites for hydroxylation is 1. The summed E-state index contributed by atoms with van der Waals surface area (Å²) in [5, 5.41) is 10.0. The molecule has 1 aliphatic rings. The standard InChI is InChI=1S/C16H26N4O3/c1-16(23)7-5-12(6-8-16)9-18(2)15(22)13-14(20(4)11-21)17-10-19(13)3/h10-12,23H,5-9H2,1-4H3. The van der Waals surface area contributed by atoms with Crippen LogP contribution in [0.3, 0.4) is 0 Å². The van der Waals surface area contributed by atoms with Crippen LogP contribution in [0.2, 0.25) is 0 Å². The number of carbonyl (C=O) groups is 2. The Balaban J connectivity index is 2.06. The molecular weight excluding hydrogens is 296 g/mol. The molecule has 0 bridgehead atoms. The number of imidazole rings is 1. The van der Waals surface area contributed by atoms with Crippen molar-refractivity contribution in [3.8, 4) is 0 Å². The average Bonchev–Trinajstić information content (AvgIpc) is 2.89. The van der Waals surface area contributed by atoms with E-state index in [1.807, 2.05) is 6.92 Å². The fourth-order valence-electron chi connectivity index (χ4n) is 3.11. The quantitative estimate of drug-likeness (QED) is 0.821. The van der Waals surface area contributed by atoms with Crippen molar-refractivity contribution in [3.63, 3.8) is 0 Å². The Morgan fingerprint density at radius 2 is 2.09 bits per heavy atom. The van der Waals surface area contributed by atoms with Crippen LogP contribution in [-0.2, 0) is 11.8 Å². The van der Waals surface area contributed by atoms with Gasteiger partial charge in [-0.25, -0.2) is 4.98 Å². The third-order valence-electron chi connectivity index (χ3n) is 4.67. The van der Waals surface area contributed by atoms with E-state index < -0.39 is 5.60 Å². The third kappa shape index (κ3) is 3.90. The van der Waals surface area contributed by atoms with Crippen molar-refractivity contribution >= 4 is 18.1 Å². The molecule has 0 spiro atoms. The molecule has 7 heteroatoms. The summed E-state index contributed by atoms with van der Waals surface area (Å²) in [7, 11) is 5.09. The summed E-state index contributed by atoms with van der Waals surface area (Å²) in [4.78, 5) is 30.8. The number of nitrogens with zero attached hydrogens (tertiary/aromatic N) is 4. The minimum atomic E-state index is -0.568. The minimum absolute atomic E-state index is 0.147. The van der Waals surface area contributed by atoms with Crippen LogP contribution in [0.1, 0.15) is 43.1 Å². The normalized spacial score (nSPS) is 24.3. The molecule has 0 unspecified atom stereocenters. The first-order chi connectivity index (χ1) is 10.7. The number of aliphatic hydroxyl groups is 1. The molecule has 2 rings (SSSR count). The Hall–Kier alpha value is -1.89. The van der Waals surface area contributed by atoms with Crippen LogP contribution in [-0.4, -0.2) is 58.1 Å². The maximum absolute atomic E-state index is 12.7. The monoisotopic (exact) mass is 322 g/mol. The molecule has 128 valence electrons. The lowest BCUT2D eigenvalue weighted by Gasteiger charge is -2.34. The van der Waals surface area contributed by atoms with Crippen molar-refractivity contribution in [3.05, 3.63) is 12.0 Å². The Labute approximate surface area is 136 Å². The molecule has 1 aromatic heterocycles. The van der Waals surface area contributed by atoms with Crippen LogP contribution >= 0.6 is 0 Å². The summed E-state index contributed by atoms with van der Waals surface area (Å²) < 4.78 is 1.64. The highest BCUT2D eigenvalue weighted by Gasteiger charge is 2.31. The lowest BCUT2D eigenvalue weighted by molar-refractivity contribution is -0.107. The number of rotatable bonds is 5. The van der Waals surface area contributed by atoms with Gasteiger partial charge >= 0.3 is 0 Å². The van der Waals surface area contributed by atoms with Gasteiger partial charge in [0, 0.05) is 27.7 Å². The van der Waals surface area contributed by atoms with Crippen LogP contribution in [0.15, 0.2) is 6.33 Å². The molecule has 0 aromatic carbocycles. The van der Waals surface area contributed by atoms with Crippen molar-refractivity contribution in [1.82, 2.24) is 14.5 Å².